The van der Waals surface area contributed by atoms with Gasteiger partial charge in [0.2, 0.25) is 0 Å². The minimum Gasteiger partial charge on any atom is -0.508 e. The van der Waals surface area contributed by atoms with Gasteiger partial charge >= 0.3 is 0 Å². The summed E-state index contributed by atoms with van der Waals surface area (Å²) in [4.78, 5) is 0. The largest absolute Gasteiger partial charge is 0.508 e. The van der Waals surface area contributed by atoms with Crippen molar-refractivity contribution in [3.63, 3.8) is 0 Å². The molecule has 1 aromatic rings. The highest BCUT2D eigenvalue weighted by Gasteiger charge is 2.16. The molecule has 0 spiro atoms. The molecule has 16 heavy (non-hydrogen) atoms. The van der Waals surface area contributed by atoms with Crippen molar-refractivity contribution in [2.24, 2.45) is 5.92 Å². The standard InChI is InChI=1S/C13H19NO2/c1-9-5-11(13(16)7-12(9)15)6-10-3-2-4-14-8-10/h5,7,10,14-16H,2-4,6,8H2,1H3. The summed E-state index contributed by atoms with van der Waals surface area (Å²) in [7, 11) is 0. The van der Waals surface area contributed by atoms with E-state index >= 15 is 0 Å². The highest BCUT2D eigenvalue weighted by atomic mass is 16.3. The Kier molecular flexibility index (Phi) is 3.34. The molecule has 1 unspecified atom stereocenters. The number of hydrogen-bond acceptors (Lipinski definition) is 3. The molecule has 0 radical (unpaired) electrons. The third-order valence-corrected chi connectivity index (χ3v) is 3.30. The predicted octanol–water partition coefficient (Wildman–Crippen LogP) is 1.95. The SMILES string of the molecule is Cc1cc(CC2CCCNC2)c(O)cc1O. The Morgan fingerprint density at radius 1 is 1.31 bits per heavy atom. The van der Waals surface area contributed by atoms with E-state index in [-0.39, 0.29) is 11.5 Å². The van der Waals surface area contributed by atoms with E-state index in [1.165, 1.54) is 18.9 Å². The predicted molar refractivity (Wildman–Crippen MR) is 63.8 cm³/mol. The molecule has 0 aromatic heterocycles. The summed E-state index contributed by atoms with van der Waals surface area (Å²) in [5.74, 6) is 0.986. The lowest BCUT2D eigenvalue weighted by molar-refractivity contribution is 0.368. The number of hydrogen-bond donors (Lipinski definition) is 3. The first-order valence-electron chi connectivity index (χ1n) is 5.89. The Hall–Kier alpha value is -1.22. The molecule has 3 N–H and O–H groups in total. The third-order valence-electron chi connectivity index (χ3n) is 3.30. The summed E-state index contributed by atoms with van der Waals surface area (Å²) in [5.41, 5.74) is 1.78. The van der Waals surface area contributed by atoms with Crippen LogP contribution in [0, 0.1) is 12.8 Å². The van der Waals surface area contributed by atoms with E-state index in [1.54, 1.807) is 0 Å². The molecule has 1 aliphatic rings. The van der Waals surface area contributed by atoms with E-state index in [9.17, 15) is 10.2 Å². The maximum Gasteiger partial charge on any atom is 0.122 e. The molecule has 1 fully saturated rings. The van der Waals surface area contributed by atoms with Gasteiger partial charge in [0.1, 0.15) is 11.5 Å². The van der Waals surface area contributed by atoms with Crippen LogP contribution >= 0.6 is 0 Å². The molecule has 88 valence electrons. The molecule has 3 nitrogen and oxygen atoms in total. The fraction of sp³-hybridized carbons (Fsp3) is 0.538. The lowest BCUT2D eigenvalue weighted by atomic mass is 9.91. The minimum atomic E-state index is 0.169. The van der Waals surface area contributed by atoms with E-state index < -0.39 is 0 Å². The number of aromatic hydroxyl groups is 2. The molecule has 2 rings (SSSR count). The maximum absolute atomic E-state index is 9.77. The van der Waals surface area contributed by atoms with Gasteiger partial charge in [0.15, 0.2) is 0 Å². The van der Waals surface area contributed by atoms with E-state index in [4.69, 9.17) is 0 Å². The van der Waals surface area contributed by atoms with Crippen molar-refractivity contribution in [3.05, 3.63) is 23.3 Å². The number of phenols is 2. The van der Waals surface area contributed by atoms with Crippen LogP contribution in [-0.4, -0.2) is 23.3 Å². The molecule has 0 bridgehead atoms. The van der Waals surface area contributed by atoms with Gasteiger partial charge in [-0.05, 0) is 62.4 Å². The monoisotopic (exact) mass is 221 g/mol. The van der Waals surface area contributed by atoms with Crippen LogP contribution in [0.15, 0.2) is 12.1 Å². The topological polar surface area (TPSA) is 52.5 Å². The fourth-order valence-corrected chi connectivity index (χ4v) is 2.32. The summed E-state index contributed by atoms with van der Waals surface area (Å²) in [6.45, 7) is 3.99. The number of rotatable bonds is 2. The van der Waals surface area contributed by atoms with Gasteiger partial charge in [0.05, 0.1) is 0 Å². The lowest BCUT2D eigenvalue weighted by Gasteiger charge is -2.23. The second-order valence-electron chi connectivity index (χ2n) is 4.68. The highest BCUT2D eigenvalue weighted by Crippen LogP contribution is 2.29. The van der Waals surface area contributed by atoms with Crippen LogP contribution in [0.3, 0.4) is 0 Å². The zero-order valence-electron chi connectivity index (χ0n) is 9.66. The van der Waals surface area contributed by atoms with Crippen molar-refractivity contribution >= 4 is 0 Å². The average molecular weight is 221 g/mol. The average Bonchev–Trinajstić information content (AvgIpc) is 2.27. The number of benzene rings is 1. The molecule has 0 amide bonds. The van der Waals surface area contributed by atoms with Gasteiger partial charge in [-0.1, -0.05) is 0 Å². The first kappa shape index (κ1) is 11.3. The van der Waals surface area contributed by atoms with Crippen molar-refractivity contribution in [2.45, 2.75) is 26.2 Å². The van der Waals surface area contributed by atoms with Crippen molar-refractivity contribution in [1.29, 1.82) is 0 Å². The zero-order chi connectivity index (χ0) is 11.5. The van der Waals surface area contributed by atoms with Crippen LogP contribution in [0.1, 0.15) is 24.0 Å². The van der Waals surface area contributed by atoms with Crippen molar-refractivity contribution < 1.29 is 10.2 Å². The van der Waals surface area contributed by atoms with E-state index in [0.29, 0.717) is 5.92 Å². The summed E-state index contributed by atoms with van der Waals surface area (Å²) in [6.07, 6.45) is 3.31. The van der Waals surface area contributed by atoms with Gasteiger partial charge in [-0.15, -0.1) is 0 Å². The van der Waals surface area contributed by atoms with Gasteiger partial charge in [0, 0.05) is 6.07 Å². The first-order valence-corrected chi connectivity index (χ1v) is 5.89. The van der Waals surface area contributed by atoms with Gasteiger partial charge in [0.25, 0.3) is 0 Å². The summed E-state index contributed by atoms with van der Waals surface area (Å²) in [6, 6.07) is 3.33. The molecule has 0 saturated carbocycles. The van der Waals surface area contributed by atoms with Gasteiger partial charge < -0.3 is 15.5 Å². The minimum absolute atomic E-state index is 0.169. The number of phenolic OH excluding ortho intramolecular Hbond substituents is 2. The second-order valence-corrected chi connectivity index (χ2v) is 4.68. The molecular formula is C13H19NO2. The van der Waals surface area contributed by atoms with E-state index in [2.05, 4.69) is 5.32 Å². The second kappa shape index (κ2) is 4.74. The molecule has 3 heteroatoms. The molecular weight excluding hydrogens is 202 g/mol. The van der Waals surface area contributed by atoms with Crippen molar-refractivity contribution in [3.8, 4) is 11.5 Å². The Labute approximate surface area is 96.1 Å². The summed E-state index contributed by atoms with van der Waals surface area (Å²) in [5, 5.41) is 22.6. The number of nitrogens with one attached hydrogen (secondary N) is 1. The smallest absolute Gasteiger partial charge is 0.122 e. The number of piperidine rings is 1. The Morgan fingerprint density at radius 3 is 2.81 bits per heavy atom. The molecule has 1 saturated heterocycles. The summed E-state index contributed by atoms with van der Waals surface area (Å²) < 4.78 is 0. The fourth-order valence-electron chi connectivity index (χ4n) is 2.32. The highest BCUT2D eigenvalue weighted by molar-refractivity contribution is 5.44. The molecule has 1 aliphatic heterocycles. The lowest BCUT2D eigenvalue weighted by Crippen LogP contribution is -2.30. The van der Waals surface area contributed by atoms with Crippen LogP contribution in [-0.2, 0) is 6.42 Å². The normalized spacial score (nSPS) is 20.9. The quantitative estimate of drug-likeness (QED) is 0.715. The van der Waals surface area contributed by atoms with Crippen LogP contribution in [0.2, 0.25) is 0 Å². The zero-order valence-corrected chi connectivity index (χ0v) is 9.66. The first-order chi connectivity index (χ1) is 7.66. The van der Waals surface area contributed by atoms with Crippen molar-refractivity contribution in [2.75, 3.05) is 13.1 Å². The molecule has 1 atom stereocenters. The maximum atomic E-state index is 9.77. The Bertz CT molecular complexity index is 370. The van der Waals surface area contributed by atoms with Gasteiger partial charge in [-0.25, -0.2) is 0 Å². The van der Waals surface area contributed by atoms with Crippen LogP contribution < -0.4 is 5.32 Å². The molecule has 1 aromatic carbocycles. The van der Waals surface area contributed by atoms with Gasteiger partial charge in [-0.3, -0.25) is 0 Å². The Morgan fingerprint density at radius 2 is 2.12 bits per heavy atom. The third kappa shape index (κ3) is 2.47. The van der Waals surface area contributed by atoms with E-state index in [0.717, 1.165) is 30.6 Å². The summed E-state index contributed by atoms with van der Waals surface area (Å²) >= 11 is 0. The molecule has 0 aliphatic carbocycles. The van der Waals surface area contributed by atoms with Crippen LogP contribution in [0.25, 0.3) is 0 Å². The van der Waals surface area contributed by atoms with Crippen LogP contribution in [0.4, 0.5) is 0 Å². The Balaban J connectivity index is 2.11. The van der Waals surface area contributed by atoms with Crippen LogP contribution in [0.5, 0.6) is 11.5 Å². The number of aryl methyl sites for hydroxylation is 1. The van der Waals surface area contributed by atoms with Gasteiger partial charge in [-0.2, -0.15) is 0 Å². The van der Waals surface area contributed by atoms with Crippen molar-refractivity contribution in [1.82, 2.24) is 5.32 Å². The van der Waals surface area contributed by atoms with E-state index in [1.807, 2.05) is 13.0 Å². The molecule has 1 heterocycles.